The van der Waals surface area contributed by atoms with Gasteiger partial charge in [0, 0.05) is 46.8 Å². The van der Waals surface area contributed by atoms with Gasteiger partial charge in [0.2, 0.25) is 11.8 Å². The molecule has 0 aliphatic rings. The summed E-state index contributed by atoms with van der Waals surface area (Å²) < 4.78 is 10.2. The van der Waals surface area contributed by atoms with Crippen LogP contribution in [0.15, 0.2) is 0 Å². The Kier molecular flexibility index (Phi) is 11.8. The van der Waals surface area contributed by atoms with Gasteiger partial charge in [-0.1, -0.05) is 6.92 Å². The fraction of sp³-hybridized carbons (Fsp3) is 0.824. The predicted octanol–water partition coefficient (Wildman–Crippen LogP) is 0.167. The van der Waals surface area contributed by atoms with Crippen LogP contribution < -0.4 is 10.6 Å². The molecule has 0 rings (SSSR count). The van der Waals surface area contributed by atoms with Gasteiger partial charge in [-0.05, 0) is 20.3 Å². The minimum atomic E-state index is -1.10. The Morgan fingerprint density at radius 3 is 2.24 bits per heavy atom. The number of ether oxygens (including phenoxy) is 2. The van der Waals surface area contributed by atoms with E-state index in [0.29, 0.717) is 32.7 Å². The van der Waals surface area contributed by atoms with Crippen molar-refractivity contribution in [3.05, 3.63) is 0 Å². The molecule has 0 unspecified atom stereocenters. The average molecular weight is 359 g/mol. The largest absolute Gasteiger partial charge is 0.464 e. The molecule has 146 valence electrons. The first-order valence-electron chi connectivity index (χ1n) is 8.66. The molecule has 0 saturated carbocycles. The highest BCUT2D eigenvalue weighted by Crippen LogP contribution is 2.14. The topological polar surface area (TPSA) is 97.0 Å². The molecule has 2 N–H and O–H groups in total. The van der Waals surface area contributed by atoms with Crippen molar-refractivity contribution in [1.82, 2.24) is 15.5 Å². The molecule has 0 aliphatic heterocycles. The number of esters is 1. The quantitative estimate of drug-likeness (QED) is 0.276. The summed E-state index contributed by atoms with van der Waals surface area (Å²) in [7, 11) is 3.15. The van der Waals surface area contributed by atoms with E-state index in [1.807, 2.05) is 0 Å². The van der Waals surface area contributed by atoms with Crippen molar-refractivity contribution in [1.29, 1.82) is 0 Å². The van der Waals surface area contributed by atoms with Crippen LogP contribution in [-0.4, -0.2) is 76.2 Å². The fourth-order valence-electron chi connectivity index (χ4n) is 2.09. The Labute approximate surface area is 150 Å². The normalized spacial score (nSPS) is 11.3. The number of amides is 2. The first kappa shape index (κ1) is 23.3. The predicted molar refractivity (Wildman–Crippen MR) is 95.0 cm³/mol. The molecular formula is C17H33N3O5. The molecule has 0 aromatic heterocycles. The third-order valence-electron chi connectivity index (χ3n) is 3.87. The van der Waals surface area contributed by atoms with Crippen LogP contribution >= 0.6 is 0 Å². The molecule has 0 atom stereocenters. The van der Waals surface area contributed by atoms with E-state index in [9.17, 15) is 14.4 Å². The smallest absolute Gasteiger partial charge is 0.305 e. The minimum absolute atomic E-state index is 0.213. The summed E-state index contributed by atoms with van der Waals surface area (Å²) in [6, 6.07) is 0. The number of rotatable bonds is 13. The number of hydrogen-bond donors (Lipinski definition) is 2. The second-order valence-corrected chi connectivity index (χ2v) is 6.22. The number of carbonyl (C=O) groups is 3. The molecule has 0 aromatic carbocycles. The van der Waals surface area contributed by atoms with Gasteiger partial charge >= 0.3 is 5.97 Å². The Bertz CT molecular complexity index is 427. The van der Waals surface area contributed by atoms with E-state index in [4.69, 9.17) is 9.47 Å². The van der Waals surface area contributed by atoms with Gasteiger partial charge in [0.15, 0.2) is 0 Å². The maximum absolute atomic E-state index is 12.1. The summed E-state index contributed by atoms with van der Waals surface area (Å²) in [6.45, 7) is 8.40. The number of hydrogen-bond acceptors (Lipinski definition) is 6. The molecule has 25 heavy (non-hydrogen) atoms. The lowest BCUT2D eigenvalue weighted by Crippen LogP contribution is -2.47. The molecule has 0 saturated heterocycles. The van der Waals surface area contributed by atoms with Crippen molar-refractivity contribution < 1.29 is 23.9 Å². The lowest BCUT2D eigenvalue weighted by Gasteiger charge is -2.23. The van der Waals surface area contributed by atoms with E-state index < -0.39 is 5.41 Å². The zero-order valence-corrected chi connectivity index (χ0v) is 16.1. The summed E-state index contributed by atoms with van der Waals surface area (Å²) in [5, 5.41) is 5.28. The third kappa shape index (κ3) is 9.40. The summed E-state index contributed by atoms with van der Waals surface area (Å²) in [4.78, 5) is 37.1. The number of carbonyl (C=O) groups excluding carboxylic acids is 3. The molecule has 0 radical (unpaired) electrons. The van der Waals surface area contributed by atoms with Gasteiger partial charge in [-0.3, -0.25) is 19.3 Å². The highest BCUT2D eigenvalue weighted by atomic mass is 16.5. The number of nitrogens with zero attached hydrogens (tertiary/aromatic N) is 1. The minimum Gasteiger partial charge on any atom is -0.464 e. The fourth-order valence-corrected chi connectivity index (χ4v) is 2.09. The highest BCUT2D eigenvalue weighted by Gasteiger charge is 2.34. The maximum atomic E-state index is 12.1. The van der Waals surface area contributed by atoms with Gasteiger partial charge in [0.05, 0.1) is 6.61 Å². The van der Waals surface area contributed by atoms with Crippen LogP contribution in [0.4, 0.5) is 0 Å². The molecular weight excluding hydrogens is 326 g/mol. The Morgan fingerprint density at radius 2 is 1.68 bits per heavy atom. The van der Waals surface area contributed by atoms with Crippen molar-refractivity contribution in [2.75, 3.05) is 53.6 Å². The van der Waals surface area contributed by atoms with Crippen molar-refractivity contribution >= 4 is 17.8 Å². The summed E-state index contributed by atoms with van der Waals surface area (Å²) in [5.74, 6) is -0.827. The molecule has 8 nitrogen and oxygen atoms in total. The molecule has 0 bridgehead atoms. The van der Waals surface area contributed by atoms with E-state index >= 15 is 0 Å². The van der Waals surface area contributed by atoms with Gasteiger partial charge in [-0.25, -0.2) is 0 Å². The average Bonchev–Trinajstić information content (AvgIpc) is 2.60. The Morgan fingerprint density at radius 1 is 1.04 bits per heavy atom. The third-order valence-corrected chi connectivity index (χ3v) is 3.87. The summed E-state index contributed by atoms with van der Waals surface area (Å²) >= 11 is 0. The second kappa shape index (κ2) is 12.7. The van der Waals surface area contributed by atoms with Gasteiger partial charge in [0.1, 0.15) is 12.0 Å². The summed E-state index contributed by atoms with van der Waals surface area (Å²) in [6.07, 6.45) is 1.09. The SMILES string of the molecule is CCC(=O)OCCN(CCCNC(=O)C(C)(C)C(=O)NC)CCOC. The van der Waals surface area contributed by atoms with Crippen LogP contribution in [0, 0.1) is 5.41 Å². The first-order chi connectivity index (χ1) is 11.8. The van der Waals surface area contributed by atoms with Crippen LogP contribution in [0.2, 0.25) is 0 Å². The van der Waals surface area contributed by atoms with Crippen molar-refractivity contribution in [3.63, 3.8) is 0 Å². The van der Waals surface area contributed by atoms with Crippen LogP contribution in [0.1, 0.15) is 33.6 Å². The van der Waals surface area contributed by atoms with E-state index in [1.54, 1.807) is 27.9 Å². The molecule has 0 spiro atoms. The second-order valence-electron chi connectivity index (χ2n) is 6.22. The highest BCUT2D eigenvalue weighted by molar-refractivity contribution is 6.04. The van der Waals surface area contributed by atoms with E-state index in [0.717, 1.165) is 19.5 Å². The van der Waals surface area contributed by atoms with Gasteiger partial charge in [-0.15, -0.1) is 0 Å². The molecule has 0 fully saturated rings. The van der Waals surface area contributed by atoms with Crippen LogP contribution in [0.3, 0.4) is 0 Å². The van der Waals surface area contributed by atoms with E-state index in [2.05, 4.69) is 15.5 Å². The number of methoxy groups -OCH3 is 1. The molecule has 0 aromatic rings. The molecule has 8 heteroatoms. The zero-order chi connectivity index (χ0) is 19.3. The van der Waals surface area contributed by atoms with E-state index in [-0.39, 0.29) is 17.8 Å². The van der Waals surface area contributed by atoms with Gasteiger partial charge < -0.3 is 20.1 Å². The van der Waals surface area contributed by atoms with Crippen molar-refractivity contribution in [2.45, 2.75) is 33.6 Å². The first-order valence-corrected chi connectivity index (χ1v) is 8.66. The Balaban J connectivity index is 4.21. The van der Waals surface area contributed by atoms with Gasteiger partial charge in [-0.2, -0.15) is 0 Å². The molecule has 2 amide bonds. The molecule has 0 heterocycles. The zero-order valence-electron chi connectivity index (χ0n) is 16.1. The van der Waals surface area contributed by atoms with Crippen LogP contribution in [0.5, 0.6) is 0 Å². The standard InChI is InChI=1S/C17H33N3O5/c1-6-14(21)25-13-11-20(10-12-24-5)9-7-8-19-16(23)17(2,3)15(22)18-4/h6-13H2,1-5H3,(H,18,22)(H,19,23). The van der Waals surface area contributed by atoms with Crippen molar-refractivity contribution in [2.24, 2.45) is 5.41 Å². The number of nitrogens with one attached hydrogen (secondary N) is 2. The van der Waals surface area contributed by atoms with E-state index in [1.165, 1.54) is 7.05 Å². The van der Waals surface area contributed by atoms with Crippen LogP contribution in [-0.2, 0) is 23.9 Å². The summed E-state index contributed by atoms with van der Waals surface area (Å²) in [5.41, 5.74) is -1.10. The monoisotopic (exact) mass is 359 g/mol. The van der Waals surface area contributed by atoms with Gasteiger partial charge in [0.25, 0.3) is 0 Å². The van der Waals surface area contributed by atoms with Crippen LogP contribution in [0.25, 0.3) is 0 Å². The lowest BCUT2D eigenvalue weighted by molar-refractivity contribution is -0.144. The lowest BCUT2D eigenvalue weighted by atomic mass is 9.91. The van der Waals surface area contributed by atoms with Crippen molar-refractivity contribution in [3.8, 4) is 0 Å². The molecule has 0 aliphatic carbocycles. The Hall–Kier alpha value is -1.67. The maximum Gasteiger partial charge on any atom is 0.305 e.